The molecule has 1 N–H and O–H groups in total. The molecular formula is C27H30F3N5O. The molecule has 2 aromatic rings. The highest BCUT2D eigenvalue weighted by Crippen LogP contribution is 2.40. The maximum atomic E-state index is 13.6. The molecule has 0 unspecified atom stereocenters. The standard InChI is InChI=1S/C27H30F3N5O/c28-27(29,30)25-13-22(4-1-20(25)14-31)35-16-23(24(17-35)26(36)33-21-2-3-21)19-7-11-34(12-8-19)15-18-5-9-32-10-6-18/h1,4-6,9-10,13,19,21,23-24H,2-3,7-8,11-12,15-17H2,(H,33,36)/t23-,24+/m0/s1. The Kier molecular flexibility index (Phi) is 6.89. The number of carbonyl (C=O) groups is 1. The van der Waals surface area contributed by atoms with E-state index < -0.39 is 11.7 Å². The van der Waals surface area contributed by atoms with Crippen LogP contribution in [0.4, 0.5) is 18.9 Å². The zero-order valence-corrected chi connectivity index (χ0v) is 20.0. The number of hydrogen-bond donors (Lipinski definition) is 1. The number of aromatic nitrogens is 1. The van der Waals surface area contributed by atoms with Crippen LogP contribution in [0.25, 0.3) is 0 Å². The lowest BCUT2D eigenvalue weighted by atomic mass is 9.78. The van der Waals surface area contributed by atoms with Gasteiger partial charge in [-0.3, -0.25) is 14.7 Å². The molecule has 0 radical (unpaired) electrons. The molecule has 1 amide bonds. The van der Waals surface area contributed by atoms with E-state index in [0.717, 1.165) is 51.4 Å². The number of halogens is 3. The number of piperidine rings is 1. The summed E-state index contributed by atoms with van der Waals surface area (Å²) in [6.07, 6.45) is 2.88. The van der Waals surface area contributed by atoms with E-state index in [1.165, 1.54) is 11.6 Å². The van der Waals surface area contributed by atoms with E-state index in [0.29, 0.717) is 24.7 Å². The molecule has 3 heterocycles. The first-order valence-electron chi connectivity index (χ1n) is 12.6. The van der Waals surface area contributed by atoms with E-state index in [-0.39, 0.29) is 29.3 Å². The van der Waals surface area contributed by atoms with Gasteiger partial charge in [-0.15, -0.1) is 0 Å². The fourth-order valence-electron chi connectivity index (χ4n) is 5.68. The van der Waals surface area contributed by atoms with Gasteiger partial charge in [-0.25, -0.2) is 0 Å². The maximum absolute atomic E-state index is 13.6. The third-order valence-electron chi connectivity index (χ3n) is 7.81. The van der Waals surface area contributed by atoms with Crippen molar-refractivity contribution in [1.82, 2.24) is 15.2 Å². The number of hydrogen-bond acceptors (Lipinski definition) is 5. The van der Waals surface area contributed by atoms with Gasteiger partial charge < -0.3 is 10.2 Å². The SMILES string of the molecule is N#Cc1ccc(N2C[C@@H](C(=O)NC3CC3)[C@H](C3CCN(Cc4ccncc4)CC3)C2)cc1C(F)(F)F. The number of carbonyl (C=O) groups excluding carboxylic acids is 1. The maximum Gasteiger partial charge on any atom is 0.417 e. The quantitative estimate of drug-likeness (QED) is 0.647. The highest BCUT2D eigenvalue weighted by molar-refractivity contribution is 5.81. The Morgan fingerprint density at radius 2 is 1.81 bits per heavy atom. The summed E-state index contributed by atoms with van der Waals surface area (Å²) < 4.78 is 40.7. The first-order valence-corrected chi connectivity index (χ1v) is 12.6. The first kappa shape index (κ1) is 24.6. The molecule has 36 heavy (non-hydrogen) atoms. The molecule has 0 bridgehead atoms. The molecule has 5 rings (SSSR count). The minimum absolute atomic E-state index is 0.0221. The highest BCUT2D eigenvalue weighted by atomic mass is 19.4. The van der Waals surface area contributed by atoms with Crippen molar-refractivity contribution < 1.29 is 18.0 Å². The Hall–Kier alpha value is -3.12. The molecule has 3 fully saturated rings. The Balaban J connectivity index is 1.31. The Bertz CT molecular complexity index is 1120. The minimum Gasteiger partial charge on any atom is -0.370 e. The lowest BCUT2D eigenvalue weighted by Crippen LogP contribution is -2.41. The second kappa shape index (κ2) is 10.1. The van der Waals surface area contributed by atoms with Gasteiger partial charge in [0.15, 0.2) is 0 Å². The number of nitrogens with zero attached hydrogens (tertiary/aromatic N) is 4. The summed E-state index contributed by atoms with van der Waals surface area (Å²) in [5, 5.41) is 12.3. The van der Waals surface area contributed by atoms with Gasteiger partial charge in [0.1, 0.15) is 0 Å². The van der Waals surface area contributed by atoms with Crippen LogP contribution < -0.4 is 10.2 Å². The van der Waals surface area contributed by atoms with Crippen LogP contribution in [0.3, 0.4) is 0 Å². The van der Waals surface area contributed by atoms with Crippen molar-refractivity contribution in [3.8, 4) is 6.07 Å². The van der Waals surface area contributed by atoms with Gasteiger partial charge in [0.25, 0.3) is 0 Å². The van der Waals surface area contributed by atoms with Crippen LogP contribution in [0.5, 0.6) is 0 Å². The second-order valence-corrected chi connectivity index (χ2v) is 10.3. The molecule has 1 aromatic carbocycles. The van der Waals surface area contributed by atoms with E-state index in [9.17, 15) is 18.0 Å². The normalized spacial score (nSPS) is 23.4. The third kappa shape index (κ3) is 5.49. The Labute approximate surface area is 209 Å². The van der Waals surface area contributed by atoms with Crippen molar-refractivity contribution in [3.63, 3.8) is 0 Å². The van der Waals surface area contributed by atoms with Gasteiger partial charge in [-0.05, 0) is 86.5 Å². The molecule has 1 saturated carbocycles. The average Bonchev–Trinajstić information content (AvgIpc) is 3.58. The predicted molar refractivity (Wildman–Crippen MR) is 129 cm³/mol. The lowest BCUT2D eigenvalue weighted by molar-refractivity contribution is -0.137. The van der Waals surface area contributed by atoms with Crippen molar-refractivity contribution >= 4 is 11.6 Å². The summed E-state index contributed by atoms with van der Waals surface area (Å²) in [5.41, 5.74) is 0.336. The van der Waals surface area contributed by atoms with Crippen LogP contribution in [-0.4, -0.2) is 48.0 Å². The Morgan fingerprint density at radius 1 is 1.08 bits per heavy atom. The smallest absolute Gasteiger partial charge is 0.370 e. The lowest BCUT2D eigenvalue weighted by Gasteiger charge is -2.36. The molecule has 0 spiro atoms. The van der Waals surface area contributed by atoms with E-state index >= 15 is 0 Å². The van der Waals surface area contributed by atoms with Crippen molar-refractivity contribution in [3.05, 3.63) is 59.4 Å². The van der Waals surface area contributed by atoms with Crippen LogP contribution in [0.15, 0.2) is 42.7 Å². The van der Waals surface area contributed by atoms with Crippen molar-refractivity contribution in [2.24, 2.45) is 17.8 Å². The number of nitriles is 1. The summed E-state index contributed by atoms with van der Waals surface area (Å²) in [6, 6.07) is 9.80. The third-order valence-corrected chi connectivity index (χ3v) is 7.81. The topological polar surface area (TPSA) is 72.3 Å². The van der Waals surface area contributed by atoms with E-state index in [2.05, 4.69) is 15.2 Å². The van der Waals surface area contributed by atoms with Gasteiger partial charge >= 0.3 is 6.18 Å². The number of pyridine rings is 1. The number of anilines is 1. The van der Waals surface area contributed by atoms with Gasteiger partial charge in [0.05, 0.1) is 23.1 Å². The average molecular weight is 498 g/mol. The fourth-order valence-corrected chi connectivity index (χ4v) is 5.68. The first-order chi connectivity index (χ1) is 17.3. The molecule has 2 atom stereocenters. The van der Waals surface area contributed by atoms with Crippen molar-refractivity contribution in [1.29, 1.82) is 5.26 Å². The zero-order chi connectivity index (χ0) is 25.3. The number of alkyl halides is 3. The summed E-state index contributed by atoms with van der Waals surface area (Å²) >= 11 is 0. The molecule has 2 saturated heterocycles. The van der Waals surface area contributed by atoms with Crippen LogP contribution in [-0.2, 0) is 17.5 Å². The number of amides is 1. The molecule has 3 aliphatic rings. The van der Waals surface area contributed by atoms with Crippen molar-refractivity contribution in [2.75, 3.05) is 31.1 Å². The minimum atomic E-state index is -4.61. The van der Waals surface area contributed by atoms with Gasteiger partial charge in [-0.1, -0.05) is 0 Å². The number of benzene rings is 1. The molecule has 1 aromatic heterocycles. The molecule has 9 heteroatoms. The second-order valence-electron chi connectivity index (χ2n) is 10.3. The van der Waals surface area contributed by atoms with Gasteiger partial charge in [0, 0.05) is 43.8 Å². The molecular weight excluding hydrogens is 467 g/mol. The van der Waals surface area contributed by atoms with Gasteiger partial charge in [-0.2, -0.15) is 18.4 Å². The fraction of sp³-hybridized carbons (Fsp3) is 0.519. The van der Waals surface area contributed by atoms with E-state index in [1.807, 2.05) is 17.0 Å². The largest absolute Gasteiger partial charge is 0.417 e. The number of rotatable bonds is 6. The predicted octanol–water partition coefficient (Wildman–Crippen LogP) is 4.22. The number of nitrogens with one attached hydrogen (secondary N) is 1. The monoisotopic (exact) mass is 497 g/mol. The van der Waals surface area contributed by atoms with E-state index in [4.69, 9.17) is 5.26 Å². The molecule has 190 valence electrons. The van der Waals surface area contributed by atoms with Crippen LogP contribution in [0, 0.1) is 29.1 Å². The summed E-state index contributed by atoms with van der Waals surface area (Å²) in [6.45, 7) is 3.65. The summed E-state index contributed by atoms with van der Waals surface area (Å²) in [7, 11) is 0. The Morgan fingerprint density at radius 3 is 2.44 bits per heavy atom. The van der Waals surface area contributed by atoms with Crippen LogP contribution in [0.1, 0.15) is 42.4 Å². The van der Waals surface area contributed by atoms with Crippen LogP contribution in [0.2, 0.25) is 0 Å². The van der Waals surface area contributed by atoms with Crippen molar-refractivity contribution in [2.45, 2.75) is 44.4 Å². The highest BCUT2D eigenvalue weighted by Gasteiger charge is 2.44. The summed E-state index contributed by atoms with van der Waals surface area (Å²) in [5.74, 6) is 0.178. The summed E-state index contributed by atoms with van der Waals surface area (Å²) in [4.78, 5) is 21.6. The van der Waals surface area contributed by atoms with Crippen LogP contribution >= 0.6 is 0 Å². The molecule has 2 aliphatic heterocycles. The van der Waals surface area contributed by atoms with E-state index in [1.54, 1.807) is 24.5 Å². The molecule has 6 nitrogen and oxygen atoms in total. The number of likely N-dealkylation sites (tertiary alicyclic amines) is 1. The molecule has 1 aliphatic carbocycles. The van der Waals surface area contributed by atoms with Gasteiger partial charge in [0.2, 0.25) is 5.91 Å². The zero-order valence-electron chi connectivity index (χ0n) is 20.0.